The highest BCUT2D eigenvalue weighted by Crippen LogP contribution is 2.18. The number of amides is 2. The van der Waals surface area contributed by atoms with Gasteiger partial charge in [-0.05, 0) is 11.8 Å². The van der Waals surface area contributed by atoms with E-state index in [4.69, 9.17) is 4.74 Å². The summed E-state index contributed by atoms with van der Waals surface area (Å²) in [5.74, 6) is -2.87. The van der Waals surface area contributed by atoms with Crippen molar-refractivity contribution in [2.75, 3.05) is 6.61 Å². The predicted molar refractivity (Wildman–Crippen MR) is 66.8 cm³/mol. The first-order valence-electron chi connectivity index (χ1n) is 6.41. The second-order valence-corrected chi connectivity index (χ2v) is 5.75. The number of nitrogens with zero attached hydrogens (tertiary/aromatic N) is 1. The molecule has 0 saturated carbocycles. The monoisotopic (exact) mass is 285 g/mol. The minimum atomic E-state index is -0.977. The maximum Gasteiger partial charge on any atom is 0.344 e. The molecular weight excluding hydrogens is 266 g/mol. The molecule has 1 aliphatic rings. The Labute approximate surface area is 117 Å². The first-order valence-corrected chi connectivity index (χ1v) is 6.41. The van der Waals surface area contributed by atoms with Crippen LogP contribution in [0.1, 0.15) is 46.5 Å². The van der Waals surface area contributed by atoms with Gasteiger partial charge in [-0.15, -0.1) is 5.06 Å². The van der Waals surface area contributed by atoms with Gasteiger partial charge < -0.3 is 9.57 Å². The van der Waals surface area contributed by atoms with Crippen LogP contribution >= 0.6 is 0 Å². The number of hydrogen-bond donors (Lipinski definition) is 0. The molecule has 0 radical (unpaired) electrons. The Morgan fingerprint density at radius 3 is 2.15 bits per heavy atom. The van der Waals surface area contributed by atoms with Gasteiger partial charge in [-0.1, -0.05) is 20.8 Å². The second kappa shape index (κ2) is 6.49. The fraction of sp³-hybridized carbons (Fsp3) is 0.692. The Bertz CT molecular complexity index is 407. The first kappa shape index (κ1) is 16.1. The van der Waals surface area contributed by atoms with Crippen molar-refractivity contribution in [3.05, 3.63) is 0 Å². The van der Waals surface area contributed by atoms with Crippen LogP contribution in [0.5, 0.6) is 0 Å². The van der Waals surface area contributed by atoms with Gasteiger partial charge in [-0.25, -0.2) is 4.79 Å². The number of carbonyl (C=O) groups is 4. The molecule has 0 bridgehead atoms. The van der Waals surface area contributed by atoms with Gasteiger partial charge in [0.1, 0.15) is 6.42 Å². The van der Waals surface area contributed by atoms with E-state index in [0.29, 0.717) is 11.5 Å². The van der Waals surface area contributed by atoms with E-state index in [-0.39, 0.29) is 24.9 Å². The fourth-order valence-corrected chi connectivity index (χ4v) is 1.43. The van der Waals surface area contributed by atoms with Crippen molar-refractivity contribution in [3.8, 4) is 0 Å². The zero-order valence-electron chi connectivity index (χ0n) is 11.9. The van der Waals surface area contributed by atoms with Gasteiger partial charge in [-0.2, -0.15) is 0 Å². The third kappa shape index (κ3) is 5.38. The van der Waals surface area contributed by atoms with Crippen LogP contribution in [0, 0.1) is 5.41 Å². The summed E-state index contributed by atoms with van der Waals surface area (Å²) in [5.41, 5.74) is 0.0230. The highest BCUT2D eigenvalue weighted by atomic mass is 16.7. The van der Waals surface area contributed by atoms with Crippen molar-refractivity contribution in [2.24, 2.45) is 5.41 Å². The average molecular weight is 285 g/mol. The molecule has 1 aliphatic heterocycles. The zero-order valence-corrected chi connectivity index (χ0v) is 11.9. The molecule has 1 fully saturated rings. The molecule has 0 spiro atoms. The summed E-state index contributed by atoms with van der Waals surface area (Å²) >= 11 is 0. The third-order valence-corrected chi connectivity index (χ3v) is 2.60. The van der Waals surface area contributed by atoms with Crippen LogP contribution in [0.15, 0.2) is 0 Å². The number of imide groups is 1. The van der Waals surface area contributed by atoms with Crippen LogP contribution in [0.4, 0.5) is 0 Å². The number of ether oxygens (including phenoxy) is 1. The molecule has 0 aromatic heterocycles. The molecule has 0 aromatic rings. The minimum Gasteiger partial charge on any atom is -0.465 e. The molecule has 1 heterocycles. The van der Waals surface area contributed by atoms with E-state index in [0.717, 1.165) is 0 Å². The van der Waals surface area contributed by atoms with Gasteiger partial charge in [-0.3, -0.25) is 14.4 Å². The highest BCUT2D eigenvalue weighted by molar-refractivity contribution is 6.02. The lowest BCUT2D eigenvalue weighted by Crippen LogP contribution is -2.33. The van der Waals surface area contributed by atoms with Gasteiger partial charge in [0.25, 0.3) is 11.8 Å². The third-order valence-electron chi connectivity index (χ3n) is 2.60. The largest absolute Gasteiger partial charge is 0.465 e. The summed E-state index contributed by atoms with van der Waals surface area (Å²) in [7, 11) is 0. The van der Waals surface area contributed by atoms with E-state index >= 15 is 0 Å². The molecule has 7 heteroatoms. The van der Waals surface area contributed by atoms with Crippen LogP contribution < -0.4 is 0 Å². The molecular formula is C13H19NO6. The quantitative estimate of drug-likeness (QED) is 0.424. The van der Waals surface area contributed by atoms with Crippen molar-refractivity contribution in [3.63, 3.8) is 0 Å². The van der Waals surface area contributed by atoms with Crippen molar-refractivity contribution < 1.29 is 28.8 Å². The van der Waals surface area contributed by atoms with Crippen LogP contribution in [-0.4, -0.2) is 35.4 Å². The van der Waals surface area contributed by atoms with Crippen molar-refractivity contribution in [1.29, 1.82) is 0 Å². The average Bonchev–Trinajstić information content (AvgIpc) is 2.58. The summed E-state index contributed by atoms with van der Waals surface area (Å²) < 4.78 is 4.88. The van der Waals surface area contributed by atoms with Crippen LogP contribution in [0.3, 0.4) is 0 Å². The van der Waals surface area contributed by atoms with E-state index in [1.165, 1.54) is 0 Å². The van der Waals surface area contributed by atoms with Gasteiger partial charge in [0.15, 0.2) is 0 Å². The molecule has 1 rings (SSSR count). The smallest absolute Gasteiger partial charge is 0.344 e. The molecule has 0 aliphatic carbocycles. The Balaban J connectivity index is 2.30. The van der Waals surface area contributed by atoms with Crippen LogP contribution in [-0.2, 0) is 28.8 Å². The Morgan fingerprint density at radius 1 is 1.10 bits per heavy atom. The summed E-state index contributed by atoms with van der Waals surface area (Å²) in [6.45, 7) is 6.20. The molecule has 0 atom stereocenters. The minimum absolute atomic E-state index is 0.0160. The Morgan fingerprint density at radius 2 is 1.65 bits per heavy atom. The Kier molecular flexibility index (Phi) is 5.24. The molecule has 7 nitrogen and oxygen atoms in total. The summed E-state index contributed by atoms with van der Waals surface area (Å²) in [5, 5.41) is 0.408. The lowest BCUT2D eigenvalue weighted by Gasteiger charge is -2.17. The second-order valence-electron chi connectivity index (χ2n) is 5.75. The predicted octanol–water partition coefficient (Wildman–Crippen LogP) is 0.963. The zero-order chi connectivity index (χ0) is 15.3. The molecule has 0 aromatic carbocycles. The van der Waals surface area contributed by atoms with Gasteiger partial charge in [0, 0.05) is 12.8 Å². The summed E-state index contributed by atoms with van der Waals surface area (Å²) in [6.07, 6.45) is 0.0718. The molecule has 0 N–H and O–H groups in total. The van der Waals surface area contributed by atoms with Crippen LogP contribution in [0.2, 0.25) is 0 Å². The lowest BCUT2D eigenvalue weighted by atomic mass is 9.93. The number of esters is 1. The van der Waals surface area contributed by atoms with Gasteiger partial charge in [0.2, 0.25) is 0 Å². The van der Waals surface area contributed by atoms with Gasteiger partial charge in [0.05, 0.1) is 6.61 Å². The summed E-state index contributed by atoms with van der Waals surface area (Å²) in [4.78, 5) is 49.7. The first-order chi connectivity index (χ1) is 9.19. The highest BCUT2D eigenvalue weighted by Gasteiger charge is 2.33. The van der Waals surface area contributed by atoms with Crippen molar-refractivity contribution in [1.82, 2.24) is 5.06 Å². The standard InChI is InChI=1S/C13H19NO6/c1-13(2,3)6-7-19-11(17)8-12(18)20-14-9(15)4-5-10(14)16/h4-8H2,1-3H3. The normalized spacial score (nSPS) is 15.4. The van der Waals surface area contributed by atoms with Crippen molar-refractivity contribution in [2.45, 2.75) is 46.5 Å². The maximum atomic E-state index is 11.4. The molecule has 0 unspecified atom stereocenters. The van der Waals surface area contributed by atoms with E-state index in [9.17, 15) is 19.2 Å². The van der Waals surface area contributed by atoms with E-state index < -0.39 is 30.2 Å². The number of carbonyl (C=O) groups excluding carboxylic acids is 4. The van der Waals surface area contributed by atoms with E-state index in [1.54, 1.807) is 0 Å². The molecule has 20 heavy (non-hydrogen) atoms. The van der Waals surface area contributed by atoms with Gasteiger partial charge >= 0.3 is 11.9 Å². The van der Waals surface area contributed by atoms with Crippen molar-refractivity contribution >= 4 is 23.8 Å². The van der Waals surface area contributed by atoms with E-state index in [2.05, 4.69) is 4.84 Å². The molecule has 1 saturated heterocycles. The lowest BCUT2D eigenvalue weighted by molar-refractivity contribution is -0.198. The molecule has 112 valence electrons. The number of hydrogen-bond acceptors (Lipinski definition) is 6. The number of rotatable bonds is 5. The summed E-state index contributed by atoms with van der Waals surface area (Å²) in [6, 6.07) is 0. The maximum absolute atomic E-state index is 11.4. The fourth-order valence-electron chi connectivity index (χ4n) is 1.43. The molecule has 2 amide bonds. The number of hydroxylamine groups is 2. The Hall–Kier alpha value is -1.92. The van der Waals surface area contributed by atoms with E-state index in [1.807, 2.05) is 20.8 Å². The SMILES string of the molecule is CC(C)(C)CCOC(=O)CC(=O)ON1C(=O)CCC1=O. The van der Waals surface area contributed by atoms with Crippen LogP contribution in [0.25, 0.3) is 0 Å². The topological polar surface area (TPSA) is 90.0 Å².